The lowest BCUT2D eigenvalue weighted by atomic mass is 9.98. The van der Waals surface area contributed by atoms with E-state index in [9.17, 15) is 0 Å². The van der Waals surface area contributed by atoms with Gasteiger partial charge in [0.25, 0.3) is 0 Å². The van der Waals surface area contributed by atoms with Crippen LogP contribution in [0.4, 0.5) is 0 Å². The molecule has 0 unspecified atom stereocenters. The number of benzene rings is 2. The Morgan fingerprint density at radius 3 is 2.44 bits per heavy atom. The van der Waals surface area contributed by atoms with Gasteiger partial charge in [0.15, 0.2) is 0 Å². The third-order valence-electron chi connectivity index (χ3n) is 4.75. The van der Waals surface area contributed by atoms with Crippen LogP contribution in [-0.4, -0.2) is 9.55 Å². The molecule has 2 aromatic heterocycles. The Kier molecular flexibility index (Phi) is 4.10. The van der Waals surface area contributed by atoms with E-state index in [-0.39, 0.29) is 0 Å². The lowest BCUT2D eigenvalue weighted by Crippen LogP contribution is -2.07. The minimum atomic E-state index is 0.401. The first kappa shape index (κ1) is 15.6. The van der Waals surface area contributed by atoms with E-state index in [1.54, 1.807) is 0 Å². The lowest BCUT2D eigenvalue weighted by molar-refractivity contribution is 0.710. The van der Waals surface area contributed by atoms with Crippen molar-refractivity contribution in [2.24, 2.45) is 0 Å². The molecule has 0 aliphatic rings. The van der Waals surface area contributed by atoms with Gasteiger partial charge in [0.1, 0.15) is 5.82 Å². The Balaban J connectivity index is 1.82. The van der Waals surface area contributed by atoms with E-state index in [1.807, 2.05) is 6.20 Å². The molecule has 0 amide bonds. The van der Waals surface area contributed by atoms with Crippen molar-refractivity contribution in [3.63, 3.8) is 0 Å². The number of pyridine rings is 1. The topological polar surface area (TPSA) is 17.8 Å². The summed E-state index contributed by atoms with van der Waals surface area (Å²) in [6.07, 6.45) is 2.96. The summed E-state index contributed by atoms with van der Waals surface area (Å²) in [7, 11) is 0. The van der Waals surface area contributed by atoms with Crippen molar-refractivity contribution in [1.29, 1.82) is 0 Å². The summed E-state index contributed by atoms with van der Waals surface area (Å²) in [5, 5.41) is 1.26. The Bertz CT molecular complexity index is 982. The van der Waals surface area contributed by atoms with Crippen LogP contribution in [0.3, 0.4) is 0 Å². The van der Waals surface area contributed by atoms with Crippen LogP contribution in [0.1, 0.15) is 29.7 Å². The van der Waals surface area contributed by atoms with Gasteiger partial charge in [-0.15, -0.1) is 0 Å². The maximum Gasteiger partial charge on any atom is 0.137 e. The first-order chi connectivity index (χ1) is 12.2. The molecule has 0 fully saturated rings. The highest BCUT2D eigenvalue weighted by Gasteiger charge is 2.17. The quantitative estimate of drug-likeness (QED) is 0.472. The van der Waals surface area contributed by atoms with E-state index in [0.717, 1.165) is 12.2 Å². The standard InChI is InChI=1S/C23H22N2/c1-17-12-13-23(24-16-17)25-21-11-7-6-10-20(21)15-22(25)18(2)14-19-8-4-3-5-9-19/h3-13,15-16,18H,14H2,1-2H3/t18-/m1/s1. The average molecular weight is 326 g/mol. The fourth-order valence-electron chi connectivity index (χ4n) is 3.46. The molecule has 25 heavy (non-hydrogen) atoms. The second-order valence-electron chi connectivity index (χ2n) is 6.75. The van der Waals surface area contributed by atoms with E-state index in [0.29, 0.717) is 5.92 Å². The molecule has 0 spiro atoms. The molecule has 0 saturated carbocycles. The fraction of sp³-hybridized carbons (Fsp3) is 0.174. The van der Waals surface area contributed by atoms with Crippen LogP contribution in [-0.2, 0) is 6.42 Å². The number of fused-ring (bicyclic) bond motifs is 1. The van der Waals surface area contributed by atoms with Crippen LogP contribution in [0.5, 0.6) is 0 Å². The van der Waals surface area contributed by atoms with Gasteiger partial charge in [-0.05, 0) is 42.7 Å². The number of para-hydroxylation sites is 1. The van der Waals surface area contributed by atoms with Crippen LogP contribution in [0.15, 0.2) is 79.0 Å². The molecular weight excluding hydrogens is 304 g/mol. The van der Waals surface area contributed by atoms with Crippen molar-refractivity contribution in [3.05, 3.63) is 95.8 Å². The van der Waals surface area contributed by atoms with E-state index in [2.05, 4.69) is 96.2 Å². The van der Waals surface area contributed by atoms with Crippen LogP contribution >= 0.6 is 0 Å². The van der Waals surface area contributed by atoms with Crippen molar-refractivity contribution in [2.45, 2.75) is 26.2 Å². The zero-order valence-electron chi connectivity index (χ0n) is 14.7. The van der Waals surface area contributed by atoms with Gasteiger partial charge < -0.3 is 0 Å². The second kappa shape index (κ2) is 6.56. The van der Waals surface area contributed by atoms with Crippen molar-refractivity contribution in [3.8, 4) is 5.82 Å². The molecule has 2 heteroatoms. The van der Waals surface area contributed by atoms with Crippen molar-refractivity contribution in [1.82, 2.24) is 9.55 Å². The summed E-state index contributed by atoms with van der Waals surface area (Å²) in [6.45, 7) is 4.37. The molecule has 2 aromatic carbocycles. The third kappa shape index (κ3) is 3.08. The first-order valence-corrected chi connectivity index (χ1v) is 8.80. The van der Waals surface area contributed by atoms with Gasteiger partial charge >= 0.3 is 0 Å². The van der Waals surface area contributed by atoms with Gasteiger partial charge in [-0.1, -0.05) is 61.5 Å². The molecule has 4 aromatic rings. The summed E-state index contributed by atoms with van der Waals surface area (Å²) in [5.74, 6) is 1.39. The van der Waals surface area contributed by atoms with E-state index >= 15 is 0 Å². The Morgan fingerprint density at radius 1 is 0.920 bits per heavy atom. The maximum absolute atomic E-state index is 4.68. The van der Waals surface area contributed by atoms with Crippen LogP contribution in [0.2, 0.25) is 0 Å². The van der Waals surface area contributed by atoms with Crippen LogP contribution in [0, 0.1) is 6.92 Å². The summed E-state index contributed by atoms with van der Waals surface area (Å²) in [4.78, 5) is 4.68. The van der Waals surface area contributed by atoms with Crippen LogP contribution < -0.4 is 0 Å². The van der Waals surface area contributed by atoms with Gasteiger partial charge in [-0.3, -0.25) is 4.57 Å². The molecule has 124 valence electrons. The van der Waals surface area contributed by atoms with Gasteiger partial charge in [0, 0.05) is 23.2 Å². The zero-order valence-corrected chi connectivity index (χ0v) is 14.7. The molecular formula is C23H22N2. The van der Waals surface area contributed by atoms with Gasteiger partial charge in [-0.2, -0.15) is 0 Å². The van der Waals surface area contributed by atoms with Gasteiger partial charge in [0.05, 0.1) is 5.52 Å². The predicted molar refractivity (Wildman–Crippen MR) is 104 cm³/mol. The second-order valence-corrected chi connectivity index (χ2v) is 6.75. The summed E-state index contributed by atoms with van der Waals surface area (Å²) in [5.41, 5.74) is 5.07. The maximum atomic E-state index is 4.68. The van der Waals surface area contributed by atoms with Crippen molar-refractivity contribution >= 4 is 10.9 Å². The summed E-state index contributed by atoms with van der Waals surface area (Å²) >= 11 is 0. The van der Waals surface area contributed by atoms with E-state index in [4.69, 9.17) is 0 Å². The first-order valence-electron chi connectivity index (χ1n) is 8.80. The molecule has 0 N–H and O–H groups in total. The normalized spacial score (nSPS) is 12.4. The molecule has 0 aliphatic heterocycles. The van der Waals surface area contributed by atoms with E-state index < -0.39 is 0 Å². The molecule has 0 bridgehead atoms. The molecule has 0 saturated heterocycles. The third-order valence-corrected chi connectivity index (χ3v) is 4.75. The number of rotatable bonds is 4. The molecule has 0 aliphatic carbocycles. The van der Waals surface area contributed by atoms with Crippen molar-refractivity contribution in [2.75, 3.05) is 0 Å². The summed E-state index contributed by atoms with van der Waals surface area (Å²) < 4.78 is 2.31. The van der Waals surface area contributed by atoms with Crippen LogP contribution in [0.25, 0.3) is 16.7 Å². The highest BCUT2D eigenvalue weighted by atomic mass is 15.1. The number of hydrogen-bond acceptors (Lipinski definition) is 1. The average Bonchev–Trinajstić information content (AvgIpc) is 3.03. The van der Waals surface area contributed by atoms with Gasteiger partial charge in [-0.25, -0.2) is 4.98 Å². The number of nitrogens with zero attached hydrogens (tertiary/aromatic N) is 2. The van der Waals surface area contributed by atoms with E-state index in [1.165, 1.54) is 27.7 Å². The minimum absolute atomic E-state index is 0.401. The predicted octanol–water partition coefficient (Wildman–Crippen LogP) is 5.68. The highest BCUT2D eigenvalue weighted by molar-refractivity contribution is 5.83. The molecule has 4 rings (SSSR count). The largest absolute Gasteiger partial charge is 0.298 e. The SMILES string of the molecule is Cc1ccc(-n2c([C@H](C)Cc3ccccc3)cc3ccccc32)nc1. The molecule has 1 atom stereocenters. The molecule has 0 radical (unpaired) electrons. The number of hydrogen-bond donors (Lipinski definition) is 0. The highest BCUT2D eigenvalue weighted by Crippen LogP contribution is 2.30. The smallest absolute Gasteiger partial charge is 0.137 e. The number of aromatic nitrogens is 2. The lowest BCUT2D eigenvalue weighted by Gasteiger charge is -2.16. The number of aryl methyl sites for hydroxylation is 1. The Morgan fingerprint density at radius 2 is 1.68 bits per heavy atom. The Labute approximate surface area is 148 Å². The van der Waals surface area contributed by atoms with Crippen molar-refractivity contribution < 1.29 is 0 Å². The fourth-order valence-corrected chi connectivity index (χ4v) is 3.46. The Hall–Kier alpha value is -2.87. The minimum Gasteiger partial charge on any atom is -0.298 e. The molecule has 2 nitrogen and oxygen atoms in total. The summed E-state index contributed by atoms with van der Waals surface area (Å²) in [6, 6.07) is 25.8. The zero-order chi connectivity index (χ0) is 17.2. The monoisotopic (exact) mass is 326 g/mol. The molecule has 2 heterocycles. The van der Waals surface area contributed by atoms with Gasteiger partial charge in [0.2, 0.25) is 0 Å².